The van der Waals surface area contributed by atoms with E-state index in [2.05, 4.69) is 0 Å². The second-order valence-electron chi connectivity index (χ2n) is 3.77. The Morgan fingerprint density at radius 2 is 1.61 bits per heavy atom. The minimum atomic E-state index is -0.438. The maximum absolute atomic E-state index is 11.0. The van der Waals surface area contributed by atoms with Crippen LogP contribution in [0.25, 0.3) is 0 Å². The zero-order valence-electron chi connectivity index (χ0n) is 9.67. The third-order valence-corrected chi connectivity index (χ3v) is 2.39. The molecule has 0 heterocycles. The fourth-order valence-corrected chi connectivity index (χ4v) is 1.52. The van der Waals surface area contributed by atoms with Gasteiger partial charge >= 0.3 is 0 Å². The summed E-state index contributed by atoms with van der Waals surface area (Å²) >= 11 is 0. The van der Waals surface area contributed by atoms with Gasteiger partial charge in [-0.15, -0.1) is 0 Å². The van der Waals surface area contributed by atoms with Gasteiger partial charge in [0.15, 0.2) is 0 Å². The van der Waals surface area contributed by atoms with Crippen LogP contribution < -0.4 is 10.2 Å². The summed E-state index contributed by atoms with van der Waals surface area (Å²) in [5.41, 5.74) is 2.41. The van der Waals surface area contributed by atoms with Crippen molar-refractivity contribution in [2.45, 2.75) is 6.42 Å². The minimum absolute atomic E-state index is 0.141. The Morgan fingerprint density at radius 1 is 1.00 bits per heavy atom. The molecule has 1 amide bonds. The Kier molecular flexibility index (Phi) is 3.94. The van der Waals surface area contributed by atoms with Gasteiger partial charge in [-0.05, 0) is 29.8 Å². The number of para-hydroxylation sites is 1. The monoisotopic (exact) mass is 243 g/mol. The van der Waals surface area contributed by atoms with Crippen LogP contribution >= 0.6 is 0 Å². The molecule has 18 heavy (non-hydrogen) atoms. The van der Waals surface area contributed by atoms with Gasteiger partial charge < -0.3 is 4.74 Å². The summed E-state index contributed by atoms with van der Waals surface area (Å²) in [6, 6.07) is 16.6. The van der Waals surface area contributed by atoms with E-state index in [0.29, 0.717) is 5.75 Å². The predicted molar refractivity (Wildman–Crippen MR) is 66.6 cm³/mol. The minimum Gasteiger partial charge on any atom is -0.457 e. The van der Waals surface area contributed by atoms with Gasteiger partial charge in [0.25, 0.3) is 0 Å². The molecule has 2 aromatic rings. The van der Waals surface area contributed by atoms with Crippen molar-refractivity contribution < 1.29 is 14.7 Å². The highest BCUT2D eigenvalue weighted by Gasteiger charge is 2.02. The van der Waals surface area contributed by atoms with Crippen LogP contribution in [0.3, 0.4) is 0 Å². The Labute approximate surface area is 105 Å². The molecule has 2 N–H and O–H groups in total. The van der Waals surface area contributed by atoms with Gasteiger partial charge in [0.2, 0.25) is 5.91 Å². The predicted octanol–water partition coefficient (Wildman–Crippen LogP) is 2.53. The van der Waals surface area contributed by atoms with Crippen molar-refractivity contribution in [3.05, 3.63) is 60.2 Å². The van der Waals surface area contributed by atoms with E-state index < -0.39 is 5.91 Å². The highest BCUT2D eigenvalue weighted by molar-refractivity contribution is 5.77. The van der Waals surface area contributed by atoms with Crippen LogP contribution in [0.5, 0.6) is 11.5 Å². The second kappa shape index (κ2) is 5.84. The Morgan fingerprint density at radius 3 is 2.22 bits per heavy atom. The van der Waals surface area contributed by atoms with Crippen molar-refractivity contribution in [3.8, 4) is 11.5 Å². The maximum Gasteiger partial charge on any atom is 0.247 e. The van der Waals surface area contributed by atoms with Crippen molar-refractivity contribution >= 4 is 5.91 Å². The lowest BCUT2D eigenvalue weighted by Crippen LogP contribution is -2.20. The highest BCUT2D eigenvalue weighted by Crippen LogP contribution is 2.21. The number of rotatable bonds is 4. The number of carbonyl (C=O) groups is 1. The van der Waals surface area contributed by atoms with E-state index >= 15 is 0 Å². The Hall–Kier alpha value is -2.33. The standard InChI is InChI=1S/C14H13NO3/c16-14(15-17)10-11-6-8-13(9-7-11)18-12-4-2-1-3-5-12/h1-9,17H,10H2,(H,15,16). The molecule has 0 aromatic heterocycles. The molecule has 2 aromatic carbocycles. The van der Waals surface area contributed by atoms with Gasteiger partial charge in [0.1, 0.15) is 11.5 Å². The number of ether oxygens (including phenoxy) is 1. The summed E-state index contributed by atoms with van der Waals surface area (Å²) in [5.74, 6) is 1.03. The van der Waals surface area contributed by atoms with Gasteiger partial charge in [-0.2, -0.15) is 0 Å². The summed E-state index contributed by atoms with van der Waals surface area (Å²) < 4.78 is 5.61. The van der Waals surface area contributed by atoms with E-state index in [-0.39, 0.29) is 6.42 Å². The van der Waals surface area contributed by atoms with Crippen LogP contribution in [0, 0.1) is 0 Å². The number of carbonyl (C=O) groups excluding carboxylic acids is 1. The van der Waals surface area contributed by atoms with Crippen molar-refractivity contribution in [3.63, 3.8) is 0 Å². The molecule has 0 unspecified atom stereocenters. The summed E-state index contributed by atoms with van der Waals surface area (Å²) in [4.78, 5) is 11.0. The second-order valence-corrected chi connectivity index (χ2v) is 3.77. The summed E-state index contributed by atoms with van der Waals surface area (Å²) in [7, 11) is 0. The lowest BCUT2D eigenvalue weighted by atomic mass is 10.1. The van der Waals surface area contributed by atoms with E-state index in [1.165, 1.54) is 0 Å². The van der Waals surface area contributed by atoms with Crippen LogP contribution in [0.15, 0.2) is 54.6 Å². The largest absolute Gasteiger partial charge is 0.457 e. The molecule has 0 atom stereocenters. The molecule has 2 rings (SSSR count). The first-order valence-electron chi connectivity index (χ1n) is 5.53. The molecular formula is C14H13NO3. The molecule has 4 nitrogen and oxygen atoms in total. The molecule has 92 valence electrons. The average molecular weight is 243 g/mol. The van der Waals surface area contributed by atoms with E-state index in [0.717, 1.165) is 11.3 Å². The van der Waals surface area contributed by atoms with Crippen LogP contribution in [0.1, 0.15) is 5.56 Å². The molecule has 0 aliphatic rings. The molecule has 0 aliphatic heterocycles. The number of amides is 1. The summed E-state index contributed by atoms with van der Waals surface area (Å²) in [6.45, 7) is 0. The smallest absolute Gasteiger partial charge is 0.247 e. The number of nitrogens with one attached hydrogen (secondary N) is 1. The van der Waals surface area contributed by atoms with Gasteiger partial charge in [0, 0.05) is 0 Å². The quantitative estimate of drug-likeness (QED) is 0.640. The van der Waals surface area contributed by atoms with Crippen molar-refractivity contribution in [2.75, 3.05) is 0 Å². The molecule has 0 saturated heterocycles. The fraction of sp³-hybridized carbons (Fsp3) is 0.0714. The number of hydrogen-bond donors (Lipinski definition) is 2. The lowest BCUT2D eigenvalue weighted by Gasteiger charge is -2.06. The van der Waals surface area contributed by atoms with E-state index in [9.17, 15) is 4.79 Å². The average Bonchev–Trinajstić information content (AvgIpc) is 2.42. The van der Waals surface area contributed by atoms with Gasteiger partial charge in [0.05, 0.1) is 6.42 Å². The van der Waals surface area contributed by atoms with Gasteiger partial charge in [-0.3, -0.25) is 10.0 Å². The fourth-order valence-electron chi connectivity index (χ4n) is 1.52. The molecular weight excluding hydrogens is 230 g/mol. The molecule has 0 spiro atoms. The molecule has 0 bridgehead atoms. The number of hydroxylamine groups is 1. The van der Waals surface area contributed by atoms with Crippen LogP contribution in [0.4, 0.5) is 0 Å². The molecule has 0 aliphatic carbocycles. The van der Waals surface area contributed by atoms with Crippen molar-refractivity contribution in [1.29, 1.82) is 0 Å². The van der Waals surface area contributed by atoms with Gasteiger partial charge in [-0.25, -0.2) is 5.48 Å². The normalized spacial score (nSPS) is 9.83. The number of benzene rings is 2. The van der Waals surface area contributed by atoms with E-state index in [1.807, 2.05) is 30.3 Å². The zero-order valence-corrected chi connectivity index (χ0v) is 9.67. The molecule has 0 saturated carbocycles. The molecule has 0 radical (unpaired) electrons. The maximum atomic E-state index is 11.0. The van der Waals surface area contributed by atoms with Crippen LogP contribution in [0.2, 0.25) is 0 Å². The number of hydrogen-bond acceptors (Lipinski definition) is 3. The summed E-state index contributed by atoms with van der Waals surface area (Å²) in [5, 5.41) is 8.42. The third-order valence-electron chi connectivity index (χ3n) is 2.39. The SMILES string of the molecule is O=C(Cc1ccc(Oc2ccccc2)cc1)NO. The first-order chi connectivity index (χ1) is 8.78. The first kappa shape index (κ1) is 12.1. The Bertz CT molecular complexity index is 508. The molecule has 0 fully saturated rings. The highest BCUT2D eigenvalue weighted by atomic mass is 16.5. The van der Waals surface area contributed by atoms with Crippen LogP contribution in [-0.2, 0) is 11.2 Å². The molecule has 4 heteroatoms. The third kappa shape index (κ3) is 3.33. The van der Waals surface area contributed by atoms with Crippen molar-refractivity contribution in [1.82, 2.24) is 5.48 Å². The first-order valence-corrected chi connectivity index (χ1v) is 5.53. The zero-order chi connectivity index (χ0) is 12.8. The van der Waals surface area contributed by atoms with E-state index in [4.69, 9.17) is 9.94 Å². The van der Waals surface area contributed by atoms with Crippen LogP contribution in [-0.4, -0.2) is 11.1 Å². The topological polar surface area (TPSA) is 58.6 Å². The summed E-state index contributed by atoms with van der Waals surface area (Å²) in [6.07, 6.45) is 0.141. The van der Waals surface area contributed by atoms with E-state index in [1.54, 1.807) is 29.7 Å². The lowest BCUT2D eigenvalue weighted by molar-refractivity contribution is -0.128. The van der Waals surface area contributed by atoms with Gasteiger partial charge in [-0.1, -0.05) is 30.3 Å². The Balaban J connectivity index is 2.02. The van der Waals surface area contributed by atoms with Crippen molar-refractivity contribution in [2.24, 2.45) is 0 Å².